The van der Waals surface area contributed by atoms with E-state index in [9.17, 15) is 19.8 Å². The molecule has 2 aromatic carbocycles. The number of hydrogen-bond acceptors (Lipinski definition) is 4. The number of halogens is 2. The SMILES string of the molecule is O=C([O-])c1cccc(I)c1.O=C([O-])c1cccc(I)c1.[Mg+2]. The molecule has 0 bridgehead atoms. The molecule has 0 atom stereocenters. The van der Waals surface area contributed by atoms with Crippen molar-refractivity contribution in [3.05, 3.63) is 66.8 Å². The van der Waals surface area contributed by atoms with Crippen LogP contribution < -0.4 is 10.2 Å². The second kappa shape index (κ2) is 10.4. The van der Waals surface area contributed by atoms with E-state index in [1.165, 1.54) is 12.1 Å². The predicted molar refractivity (Wildman–Crippen MR) is 92.7 cm³/mol. The summed E-state index contributed by atoms with van der Waals surface area (Å²) in [7, 11) is 0. The van der Waals surface area contributed by atoms with Crippen molar-refractivity contribution in [3.63, 3.8) is 0 Å². The summed E-state index contributed by atoms with van der Waals surface area (Å²) >= 11 is 4.10. The molecule has 0 radical (unpaired) electrons. The molecule has 0 aliphatic rings. The maximum absolute atomic E-state index is 10.2. The molecule has 0 saturated carbocycles. The molecule has 4 nitrogen and oxygen atoms in total. The van der Waals surface area contributed by atoms with E-state index in [1.807, 2.05) is 57.3 Å². The van der Waals surface area contributed by atoms with Gasteiger partial charge in [-0.2, -0.15) is 0 Å². The molecular weight excluding hydrogens is 510 g/mol. The van der Waals surface area contributed by atoms with Gasteiger partial charge >= 0.3 is 23.1 Å². The van der Waals surface area contributed by atoms with Crippen molar-refractivity contribution in [1.29, 1.82) is 0 Å². The number of benzene rings is 2. The number of rotatable bonds is 2. The summed E-state index contributed by atoms with van der Waals surface area (Å²) in [4.78, 5) is 20.5. The largest absolute Gasteiger partial charge is 2.00 e. The summed E-state index contributed by atoms with van der Waals surface area (Å²) in [5.41, 5.74) is 0.457. The Balaban J connectivity index is 0.000000364. The fourth-order valence-electron chi connectivity index (χ4n) is 1.23. The van der Waals surface area contributed by atoms with Crippen LogP contribution in [0.1, 0.15) is 20.7 Å². The van der Waals surface area contributed by atoms with Gasteiger partial charge in [0.1, 0.15) is 0 Å². The van der Waals surface area contributed by atoms with Gasteiger partial charge in [-0.3, -0.25) is 0 Å². The van der Waals surface area contributed by atoms with Crippen LogP contribution >= 0.6 is 45.2 Å². The van der Waals surface area contributed by atoms with Crippen LogP contribution in [-0.4, -0.2) is 35.0 Å². The number of hydrogen-bond donors (Lipinski definition) is 0. The fraction of sp³-hybridized carbons (Fsp3) is 0. The molecule has 0 aliphatic carbocycles. The van der Waals surface area contributed by atoms with Crippen LogP contribution in [0.25, 0.3) is 0 Å². The standard InChI is InChI=1S/2C7H5IO2.Mg/c2*8-6-3-1-2-5(4-6)7(9)10;/h2*1-4H,(H,9,10);/q;;+2/p-2. The molecular formula is C14H8I2MgO4. The summed E-state index contributed by atoms with van der Waals surface area (Å²) in [5, 5.41) is 20.5. The van der Waals surface area contributed by atoms with Crippen molar-refractivity contribution in [2.24, 2.45) is 0 Å². The Morgan fingerprint density at radius 1 is 0.762 bits per heavy atom. The molecule has 0 aliphatic heterocycles. The van der Waals surface area contributed by atoms with Gasteiger partial charge in [-0.25, -0.2) is 0 Å². The summed E-state index contributed by atoms with van der Waals surface area (Å²) in [6, 6.07) is 13.2. The van der Waals surface area contributed by atoms with Gasteiger partial charge in [-0.15, -0.1) is 0 Å². The zero-order valence-corrected chi connectivity index (χ0v) is 16.4. The Hall–Kier alpha value is -0.394. The van der Waals surface area contributed by atoms with Crippen LogP contribution in [0, 0.1) is 7.14 Å². The summed E-state index contributed by atoms with van der Waals surface area (Å²) < 4.78 is 1.80. The third-order valence-electron chi connectivity index (χ3n) is 2.12. The molecule has 0 amide bonds. The van der Waals surface area contributed by atoms with E-state index in [1.54, 1.807) is 24.3 Å². The number of carboxylic acid groups (broad SMARTS) is 2. The van der Waals surface area contributed by atoms with E-state index >= 15 is 0 Å². The first kappa shape index (κ1) is 20.6. The maximum Gasteiger partial charge on any atom is 2.00 e. The monoisotopic (exact) mass is 518 g/mol. The minimum atomic E-state index is -1.13. The third-order valence-corrected chi connectivity index (χ3v) is 3.46. The van der Waals surface area contributed by atoms with Gasteiger partial charge in [0.05, 0.1) is 11.9 Å². The van der Waals surface area contributed by atoms with Gasteiger partial charge in [0, 0.05) is 7.14 Å². The first-order valence-corrected chi connectivity index (χ1v) is 7.49. The van der Waals surface area contributed by atoms with E-state index in [2.05, 4.69) is 0 Å². The third kappa shape index (κ3) is 7.97. The molecule has 2 aromatic rings. The summed E-state index contributed by atoms with van der Waals surface area (Å²) in [6.45, 7) is 0. The number of carbonyl (C=O) groups is 2. The van der Waals surface area contributed by atoms with E-state index in [0.717, 1.165) is 7.14 Å². The minimum Gasteiger partial charge on any atom is -0.545 e. The Kier molecular flexibility index (Phi) is 10.2. The van der Waals surface area contributed by atoms with E-state index in [0.29, 0.717) is 0 Å². The number of aromatic carboxylic acids is 2. The van der Waals surface area contributed by atoms with Crippen LogP contribution in [0.5, 0.6) is 0 Å². The first-order valence-electron chi connectivity index (χ1n) is 5.34. The summed E-state index contributed by atoms with van der Waals surface area (Å²) in [5.74, 6) is -2.25. The smallest absolute Gasteiger partial charge is 0.545 e. The molecule has 104 valence electrons. The number of carboxylic acids is 2. The van der Waals surface area contributed by atoms with Gasteiger partial charge in [0.25, 0.3) is 0 Å². The van der Waals surface area contributed by atoms with Crippen LogP contribution in [0.15, 0.2) is 48.5 Å². The Labute approximate surface area is 165 Å². The second-order valence-corrected chi connectivity index (χ2v) is 6.09. The van der Waals surface area contributed by atoms with E-state index in [4.69, 9.17) is 0 Å². The van der Waals surface area contributed by atoms with Crippen molar-refractivity contribution >= 4 is 80.2 Å². The van der Waals surface area contributed by atoms with Crippen molar-refractivity contribution in [2.45, 2.75) is 0 Å². The quantitative estimate of drug-likeness (QED) is 0.438. The van der Waals surface area contributed by atoms with Gasteiger partial charge in [0.2, 0.25) is 0 Å². The van der Waals surface area contributed by atoms with Crippen LogP contribution in [0.3, 0.4) is 0 Å². The molecule has 0 unspecified atom stereocenters. The average Bonchev–Trinajstić information content (AvgIpc) is 2.39. The molecule has 2 rings (SSSR count). The molecule has 0 heterocycles. The van der Waals surface area contributed by atoms with Crippen molar-refractivity contribution in [2.75, 3.05) is 0 Å². The molecule has 7 heteroatoms. The molecule has 0 fully saturated rings. The maximum atomic E-state index is 10.2. The van der Waals surface area contributed by atoms with Crippen LogP contribution in [-0.2, 0) is 0 Å². The Morgan fingerprint density at radius 3 is 1.29 bits per heavy atom. The van der Waals surface area contributed by atoms with Gasteiger partial charge < -0.3 is 19.8 Å². The van der Waals surface area contributed by atoms with E-state index in [-0.39, 0.29) is 34.2 Å². The Bertz CT molecular complexity index is 576. The van der Waals surface area contributed by atoms with Crippen molar-refractivity contribution in [3.8, 4) is 0 Å². The van der Waals surface area contributed by atoms with Crippen LogP contribution in [0.2, 0.25) is 0 Å². The van der Waals surface area contributed by atoms with Gasteiger partial charge in [-0.05, 0) is 80.6 Å². The fourth-order valence-corrected chi connectivity index (χ4v) is 2.32. The zero-order valence-electron chi connectivity index (χ0n) is 10.7. The van der Waals surface area contributed by atoms with Crippen molar-refractivity contribution in [1.82, 2.24) is 0 Å². The van der Waals surface area contributed by atoms with E-state index < -0.39 is 11.9 Å². The first-order chi connectivity index (χ1) is 9.40. The zero-order chi connectivity index (χ0) is 15.1. The normalized spacial score (nSPS) is 8.86. The number of carbonyl (C=O) groups excluding carboxylic acids is 2. The Morgan fingerprint density at radius 2 is 1.10 bits per heavy atom. The van der Waals surface area contributed by atoms with Gasteiger partial charge in [0.15, 0.2) is 0 Å². The molecule has 21 heavy (non-hydrogen) atoms. The molecule has 0 aromatic heterocycles. The van der Waals surface area contributed by atoms with Crippen LogP contribution in [0.4, 0.5) is 0 Å². The average molecular weight is 518 g/mol. The van der Waals surface area contributed by atoms with Gasteiger partial charge in [-0.1, -0.05) is 24.3 Å². The minimum absolute atomic E-state index is 0. The molecule has 0 N–H and O–H groups in total. The molecule has 0 spiro atoms. The summed E-state index contributed by atoms with van der Waals surface area (Å²) in [6.07, 6.45) is 0. The van der Waals surface area contributed by atoms with Crippen molar-refractivity contribution < 1.29 is 19.8 Å². The predicted octanol–water partition coefficient (Wildman–Crippen LogP) is 0.929. The second-order valence-electron chi connectivity index (χ2n) is 3.60. The topological polar surface area (TPSA) is 80.3 Å². The molecule has 0 saturated heterocycles.